The molecule has 2 unspecified atom stereocenters. The van der Waals surface area contributed by atoms with Gasteiger partial charge >= 0.3 is 37.7 Å². The van der Waals surface area contributed by atoms with Crippen molar-refractivity contribution in [1.29, 1.82) is 0 Å². The smallest absolute Gasteiger partial charge is 0.870 e. The molecule has 2 aromatic rings. The maximum absolute atomic E-state index is 11.1. The molecule has 0 fully saturated rings. The van der Waals surface area contributed by atoms with Crippen molar-refractivity contribution < 1.29 is 66.2 Å². The normalized spacial score (nSPS) is 11.5. The summed E-state index contributed by atoms with van der Waals surface area (Å²) in [6.45, 7) is 0. The van der Waals surface area contributed by atoms with Gasteiger partial charge in [-0.25, -0.2) is 0 Å². The van der Waals surface area contributed by atoms with Crippen LogP contribution in [0.5, 0.6) is 0 Å². The molecule has 0 aromatic heterocycles. The molecular formula is C12H10Li2O6S2-2. The average molecular weight is 328 g/mol. The van der Waals surface area contributed by atoms with Crippen molar-refractivity contribution in [2.75, 3.05) is 0 Å². The monoisotopic (exact) mass is 328 g/mol. The van der Waals surface area contributed by atoms with E-state index < -0.39 is 22.2 Å². The summed E-state index contributed by atoms with van der Waals surface area (Å²) in [6.07, 6.45) is 0. The molecule has 2 aromatic carbocycles. The molecule has 2 rings (SSSR count). The summed E-state index contributed by atoms with van der Waals surface area (Å²) in [5, 5.41) is 0. The van der Waals surface area contributed by atoms with Gasteiger partial charge < -0.3 is 20.1 Å². The van der Waals surface area contributed by atoms with E-state index in [1.807, 2.05) is 0 Å². The van der Waals surface area contributed by atoms with E-state index in [0.717, 1.165) is 0 Å². The van der Waals surface area contributed by atoms with Gasteiger partial charge in [-0.3, -0.25) is 8.42 Å². The second kappa shape index (κ2) is 12.2. The number of rotatable bonds is 3. The van der Waals surface area contributed by atoms with E-state index in [0.29, 0.717) is 11.1 Å². The van der Waals surface area contributed by atoms with Crippen LogP contribution in [0.15, 0.2) is 58.3 Å². The Hall–Kier alpha value is -0.225. The second-order valence-electron chi connectivity index (χ2n) is 3.49. The number of hydrogen-bond acceptors (Lipinski definition) is 6. The SMILES string of the molecule is O=S([O-])c1ccc(-c2ccccc2S(=O)[O-])cc1.[Li+].[Li+].[OH-].[OH-]. The largest absolute Gasteiger partial charge is 1.00 e. The van der Waals surface area contributed by atoms with Gasteiger partial charge in [0.2, 0.25) is 0 Å². The molecule has 110 valence electrons. The van der Waals surface area contributed by atoms with Crippen LogP contribution in [0.1, 0.15) is 0 Å². The van der Waals surface area contributed by atoms with Gasteiger partial charge in [-0.2, -0.15) is 0 Å². The predicted molar refractivity (Wildman–Crippen MR) is 70.1 cm³/mol. The first kappa shape index (κ1) is 26.7. The molecule has 0 saturated carbocycles. The zero-order valence-corrected chi connectivity index (χ0v) is 13.6. The molecule has 0 amide bonds. The van der Waals surface area contributed by atoms with Crippen molar-refractivity contribution in [2.24, 2.45) is 0 Å². The fourth-order valence-corrected chi connectivity index (χ4v) is 2.51. The first-order valence-corrected chi connectivity index (χ1v) is 7.12. The third kappa shape index (κ3) is 6.49. The van der Waals surface area contributed by atoms with Crippen molar-refractivity contribution in [3.8, 4) is 11.1 Å². The molecule has 0 aliphatic carbocycles. The van der Waals surface area contributed by atoms with Crippen molar-refractivity contribution in [3.63, 3.8) is 0 Å². The van der Waals surface area contributed by atoms with Gasteiger partial charge in [0.05, 0.1) is 0 Å². The first-order valence-electron chi connectivity index (χ1n) is 4.97. The van der Waals surface area contributed by atoms with Gasteiger partial charge in [0.15, 0.2) is 0 Å². The molecule has 10 heteroatoms. The third-order valence-electron chi connectivity index (χ3n) is 2.42. The van der Waals surface area contributed by atoms with E-state index >= 15 is 0 Å². The van der Waals surface area contributed by atoms with Crippen LogP contribution in [0.2, 0.25) is 0 Å². The molecule has 6 nitrogen and oxygen atoms in total. The van der Waals surface area contributed by atoms with Gasteiger partial charge in [0, 0.05) is 9.79 Å². The topological polar surface area (TPSA) is 140 Å². The minimum Gasteiger partial charge on any atom is -0.870 e. The van der Waals surface area contributed by atoms with Crippen molar-refractivity contribution in [3.05, 3.63) is 48.5 Å². The Kier molecular flexibility index (Phi) is 14.8. The summed E-state index contributed by atoms with van der Waals surface area (Å²) >= 11 is -4.61. The Bertz CT molecular complexity index is 621. The molecule has 0 heterocycles. The van der Waals surface area contributed by atoms with Crippen LogP contribution >= 0.6 is 0 Å². The molecule has 0 spiro atoms. The summed E-state index contributed by atoms with van der Waals surface area (Å²) in [5.41, 5.74) is 1.21. The summed E-state index contributed by atoms with van der Waals surface area (Å²) in [7, 11) is 0. The molecule has 0 aliphatic rings. The van der Waals surface area contributed by atoms with E-state index in [2.05, 4.69) is 0 Å². The van der Waals surface area contributed by atoms with Crippen molar-refractivity contribution in [2.45, 2.75) is 9.79 Å². The molecule has 0 aliphatic heterocycles. The third-order valence-corrected chi connectivity index (χ3v) is 3.80. The van der Waals surface area contributed by atoms with Gasteiger partial charge in [-0.15, -0.1) is 0 Å². The van der Waals surface area contributed by atoms with Crippen LogP contribution in [-0.4, -0.2) is 28.5 Å². The molecular weight excluding hydrogens is 318 g/mol. The van der Waals surface area contributed by atoms with E-state index in [1.54, 1.807) is 30.3 Å². The summed E-state index contributed by atoms with van der Waals surface area (Å²) in [5.74, 6) is 0. The molecule has 22 heavy (non-hydrogen) atoms. The van der Waals surface area contributed by atoms with Crippen molar-refractivity contribution in [1.82, 2.24) is 0 Å². The van der Waals surface area contributed by atoms with Gasteiger partial charge in [0.1, 0.15) is 0 Å². The van der Waals surface area contributed by atoms with Gasteiger partial charge in [-0.1, -0.05) is 30.3 Å². The van der Waals surface area contributed by atoms with Gasteiger partial charge in [-0.05, 0) is 51.5 Å². The minimum atomic E-state index is -2.33. The molecule has 2 N–H and O–H groups in total. The quantitative estimate of drug-likeness (QED) is 0.411. The van der Waals surface area contributed by atoms with Crippen LogP contribution in [0.3, 0.4) is 0 Å². The molecule has 0 radical (unpaired) electrons. The zero-order chi connectivity index (χ0) is 13.1. The number of benzene rings is 2. The first-order chi connectivity index (χ1) is 8.59. The maximum Gasteiger partial charge on any atom is 1.00 e. The second-order valence-corrected chi connectivity index (χ2v) is 5.34. The van der Waals surface area contributed by atoms with Crippen molar-refractivity contribution >= 4 is 22.2 Å². The van der Waals surface area contributed by atoms with Gasteiger partial charge in [0.25, 0.3) is 0 Å². The Morgan fingerprint density at radius 2 is 1.23 bits per heavy atom. The molecule has 0 bridgehead atoms. The van der Waals surface area contributed by atoms with Crippen LogP contribution in [0.25, 0.3) is 11.1 Å². The van der Waals surface area contributed by atoms with Crippen LogP contribution in [0.4, 0.5) is 0 Å². The van der Waals surface area contributed by atoms with E-state index in [9.17, 15) is 17.5 Å². The Morgan fingerprint density at radius 1 is 0.727 bits per heavy atom. The van der Waals surface area contributed by atoms with Crippen LogP contribution < -0.4 is 37.7 Å². The summed E-state index contributed by atoms with van der Waals surface area (Å²) in [4.78, 5) is 0.355. The van der Waals surface area contributed by atoms with Crippen LogP contribution in [0, 0.1) is 0 Å². The van der Waals surface area contributed by atoms with E-state index in [-0.39, 0.29) is 58.5 Å². The molecule has 0 saturated heterocycles. The predicted octanol–water partition coefficient (Wildman–Crippen LogP) is -4.52. The average Bonchev–Trinajstić information content (AvgIpc) is 2.39. The summed E-state index contributed by atoms with van der Waals surface area (Å²) in [6, 6.07) is 12.6. The maximum atomic E-state index is 11.1. The van der Waals surface area contributed by atoms with Crippen LogP contribution in [-0.2, 0) is 22.2 Å². The standard InChI is InChI=1S/C12H10O4S2.2Li.2H2O/c13-17(14)10-7-5-9(6-8-10)11-3-1-2-4-12(11)18(15)16;;;;/h1-8H,(H,13,14)(H,15,16);;;2*1H2/q;2*+1;;/p-4. The Morgan fingerprint density at radius 3 is 1.68 bits per heavy atom. The Labute approximate surface area is 157 Å². The fraction of sp³-hybridized carbons (Fsp3) is 0. The minimum absolute atomic E-state index is 0. The number of hydrogen-bond donors (Lipinski definition) is 0. The molecule has 2 atom stereocenters. The zero-order valence-electron chi connectivity index (χ0n) is 12.0. The fourth-order valence-electron chi connectivity index (χ4n) is 1.60. The summed E-state index contributed by atoms with van der Waals surface area (Å²) < 4.78 is 43.6. The van der Waals surface area contributed by atoms with E-state index in [1.165, 1.54) is 18.2 Å². The Balaban J connectivity index is -0.000000902. The van der Waals surface area contributed by atoms with E-state index in [4.69, 9.17) is 0 Å².